The Hall–Kier alpha value is -0.870. The first-order valence-electron chi connectivity index (χ1n) is 4.54. The first-order chi connectivity index (χ1) is 6.13. The number of hydrogen-bond acceptors (Lipinski definition) is 3. The minimum absolute atomic E-state index is 0.243. The lowest BCUT2D eigenvalue weighted by molar-refractivity contribution is 0.186. The van der Waals surface area contributed by atoms with E-state index in [0.717, 1.165) is 12.1 Å². The molecule has 0 bridgehead atoms. The van der Waals surface area contributed by atoms with Crippen molar-refractivity contribution in [2.24, 2.45) is 11.7 Å². The van der Waals surface area contributed by atoms with Crippen molar-refractivity contribution in [1.29, 1.82) is 0 Å². The third kappa shape index (κ3) is 2.82. The van der Waals surface area contributed by atoms with Gasteiger partial charge in [0.2, 0.25) is 0 Å². The Bertz CT molecular complexity index is 257. The van der Waals surface area contributed by atoms with Gasteiger partial charge in [0.05, 0.1) is 12.3 Å². The molecule has 0 saturated carbocycles. The van der Waals surface area contributed by atoms with Gasteiger partial charge < -0.3 is 10.8 Å². The summed E-state index contributed by atoms with van der Waals surface area (Å²) in [6.45, 7) is 5.37. The SMILES string of the molecule is CC(C)Cn1cc(C(O)CN)cn1. The van der Waals surface area contributed by atoms with E-state index < -0.39 is 6.10 Å². The lowest BCUT2D eigenvalue weighted by Crippen LogP contribution is -2.11. The minimum Gasteiger partial charge on any atom is -0.387 e. The molecule has 1 heterocycles. The van der Waals surface area contributed by atoms with Crippen molar-refractivity contribution in [2.75, 3.05) is 6.54 Å². The zero-order valence-corrected chi connectivity index (χ0v) is 8.14. The Balaban J connectivity index is 2.63. The van der Waals surface area contributed by atoms with Gasteiger partial charge >= 0.3 is 0 Å². The zero-order valence-electron chi connectivity index (χ0n) is 8.14. The summed E-state index contributed by atoms with van der Waals surface area (Å²) in [5.41, 5.74) is 6.12. The van der Waals surface area contributed by atoms with Crippen molar-refractivity contribution in [3.05, 3.63) is 18.0 Å². The summed E-state index contributed by atoms with van der Waals surface area (Å²) < 4.78 is 1.83. The van der Waals surface area contributed by atoms with Crippen molar-refractivity contribution in [1.82, 2.24) is 9.78 Å². The molecule has 1 unspecified atom stereocenters. The van der Waals surface area contributed by atoms with E-state index in [9.17, 15) is 5.11 Å². The van der Waals surface area contributed by atoms with Crippen LogP contribution >= 0.6 is 0 Å². The van der Waals surface area contributed by atoms with Gasteiger partial charge in [0, 0.05) is 24.8 Å². The van der Waals surface area contributed by atoms with Gasteiger partial charge in [-0.1, -0.05) is 13.8 Å². The van der Waals surface area contributed by atoms with Crippen molar-refractivity contribution in [2.45, 2.75) is 26.5 Å². The van der Waals surface area contributed by atoms with Crippen LogP contribution in [-0.4, -0.2) is 21.4 Å². The number of aromatic nitrogens is 2. The average Bonchev–Trinajstić information content (AvgIpc) is 2.50. The van der Waals surface area contributed by atoms with Crippen LogP contribution in [0.25, 0.3) is 0 Å². The van der Waals surface area contributed by atoms with Gasteiger partial charge in [-0.05, 0) is 5.92 Å². The number of nitrogens with zero attached hydrogens (tertiary/aromatic N) is 2. The standard InChI is InChI=1S/C9H17N3O/c1-7(2)5-12-6-8(4-11-12)9(13)3-10/h4,6-7,9,13H,3,5,10H2,1-2H3. The number of nitrogens with two attached hydrogens (primary N) is 1. The summed E-state index contributed by atoms with van der Waals surface area (Å²) >= 11 is 0. The predicted molar refractivity (Wildman–Crippen MR) is 51.1 cm³/mol. The molecule has 0 aliphatic rings. The van der Waals surface area contributed by atoms with E-state index in [0.29, 0.717) is 5.92 Å². The van der Waals surface area contributed by atoms with E-state index in [-0.39, 0.29) is 6.54 Å². The molecule has 1 aromatic heterocycles. The van der Waals surface area contributed by atoms with Gasteiger partial charge in [0.15, 0.2) is 0 Å². The van der Waals surface area contributed by atoms with Crippen LogP contribution in [0.15, 0.2) is 12.4 Å². The second-order valence-electron chi connectivity index (χ2n) is 3.64. The Labute approximate surface area is 78.4 Å². The van der Waals surface area contributed by atoms with Crippen LogP contribution in [0.2, 0.25) is 0 Å². The lowest BCUT2D eigenvalue weighted by atomic mass is 10.2. The van der Waals surface area contributed by atoms with Gasteiger partial charge in [0.1, 0.15) is 0 Å². The Morgan fingerprint density at radius 3 is 2.85 bits per heavy atom. The molecule has 1 aromatic rings. The molecule has 74 valence electrons. The summed E-state index contributed by atoms with van der Waals surface area (Å²) in [6, 6.07) is 0. The van der Waals surface area contributed by atoms with Crippen LogP contribution < -0.4 is 5.73 Å². The van der Waals surface area contributed by atoms with Crippen LogP contribution in [0.1, 0.15) is 25.5 Å². The van der Waals surface area contributed by atoms with Crippen molar-refractivity contribution >= 4 is 0 Å². The average molecular weight is 183 g/mol. The van der Waals surface area contributed by atoms with Crippen molar-refractivity contribution < 1.29 is 5.11 Å². The number of rotatable bonds is 4. The molecule has 1 rings (SSSR count). The normalized spacial score (nSPS) is 13.6. The topological polar surface area (TPSA) is 64.1 Å². The summed E-state index contributed by atoms with van der Waals surface area (Å²) in [5.74, 6) is 0.558. The molecule has 4 nitrogen and oxygen atoms in total. The molecule has 0 aliphatic carbocycles. The maximum Gasteiger partial charge on any atom is 0.0942 e. The van der Waals surface area contributed by atoms with Crippen LogP contribution in [0.4, 0.5) is 0 Å². The second-order valence-corrected chi connectivity index (χ2v) is 3.64. The maximum atomic E-state index is 9.40. The van der Waals surface area contributed by atoms with Crippen molar-refractivity contribution in [3.8, 4) is 0 Å². The molecule has 0 aromatic carbocycles. The number of aliphatic hydroxyl groups excluding tert-OH is 1. The Morgan fingerprint density at radius 2 is 2.31 bits per heavy atom. The fourth-order valence-corrected chi connectivity index (χ4v) is 1.16. The summed E-state index contributed by atoms with van der Waals surface area (Å²) in [6.07, 6.45) is 2.93. The Morgan fingerprint density at radius 1 is 1.62 bits per heavy atom. The first-order valence-corrected chi connectivity index (χ1v) is 4.54. The molecule has 3 N–H and O–H groups in total. The smallest absolute Gasteiger partial charge is 0.0942 e. The molecule has 13 heavy (non-hydrogen) atoms. The largest absolute Gasteiger partial charge is 0.387 e. The van der Waals surface area contributed by atoms with Gasteiger partial charge in [-0.25, -0.2) is 0 Å². The zero-order chi connectivity index (χ0) is 9.84. The van der Waals surface area contributed by atoms with Crippen LogP contribution in [-0.2, 0) is 6.54 Å². The highest BCUT2D eigenvalue weighted by molar-refractivity contribution is 5.08. The van der Waals surface area contributed by atoms with Crippen LogP contribution in [0.5, 0.6) is 0 Å². The Kier molecular flexibility index (Phi) is 3.45. The molecular weight excluding hydrogens is 166 g/mol. The van der Waals surface area contributed by atoms with Gasteiger partial charge in [0.25, 0.3) is 0 Å². The molecular formula is C9H17N3O. The summed E-state index contributed by atoms with van der Waals surface area (Å²) in [4.78, 5) is 0. The predicted octanol–water partition coefficient (Wildman–Crippen LogP) is 0.531. The highest BCUT2D eigenvalue weighted by Crippen LogP contribution is 2.10. The van der Waals surface area contributed by atoms with Gasteiger partial charge in [-0.3, -0.25) is 4.68 Å². The van der Waals surface area contributed by atoms with Crippen LogP contribution in [0.3, 0.4) is 0 Å². The van der Waals surface area contributed by atoms with Crippen molar-refractivity contribution in [3.63, 3.8) is 0 Å². The lowest BCUT2D eigenvalue weighted by Gasteiger charge is -2.05. The van der Waals surface area contributed by atoms with Gasteiger partial charge in [-0.15, -0.1) is 0 Å². The van der Waals surface area contributed by atoms with Gasteiger partial charge in [-0.2, -0.15) is 5.10 Å². The summed E-state index contributed by atoms with van der Waals surface area (Å²) in [7, 11) is 0. The molecule has 4 heteroatoms. The van der Waals surface area contributed by atoms with E-state index in [2.05, 4.69) is 18.9 Å². The highest BCUT2D eigenvalue weighted by Gasteiger charge is 2.07. The second kappa shape index (κ2) is 4.39. The fraction of sp³-hybridized carbons (Fsp3) is 0.667. The molecule has 0 fully saturated rings. The number of aliphatic hydroxyl groups is 1. The van der Waals surface area contributed by atoms with Crippen LogP contribution in [0, 0.1) is 5.92 Å². The molecule has 0 aliphatic heterocycles. The molecule has 0 amide bonds. The molecule has 0 spiro atoms. The fourth-order valence-electron chi connectivity index (χ4n) is 1.16. The quantitative estimate of drug-likeness (QED) is 0.715. The number of hydrogen-bond donors (Lipinski definition) is 2. The molecule has 0 saturated heterocycles. The first kappa shape index (κ1) is 10.2. The monoisotopic (exact) mass is 183 g/mol. The summed E-state index contributed by atoms with van der Waals surface area (Å²) in [5, 5.41) is 13.5. The van der Waals surface area contributed by atoms with E-state index in [1.807, 2.05) is 10.9 Å². The minimum atomic E-state index is -0.582. The maximum absolute atomic E-state index is 9.40. The third-order valence-electron chi connectivity index (χ3n) is 1.81. The van der Waals surface area contributed by atoms with E-state index in [4.69, 9.17) is 5.73 Å². The van der Waals surface area contributed by atoms with E-state index in [1.54, 1.807) is 6.20 Å². The third-order valence-corrected chi connectivity index (χ3v) is 1.81. The van der Waals surface area contributed by atoms with E-state index in [1.165, 1.54) is 0 Å². The highest BCUT2D eigenvalue weighted by atomic mass is 16.3. The molecule has 1 atom stereocenters. The molecule has 0 radical (unpaired) electrons. The van der Waals surface area contributed by atoms with E-state index >= 15 is 0 Å².